The summed E-state index contributed by atoms with van der Waals surface area (Å²) in [6, 6.07) is 0. The molecule has 0 rings (SSSR count). The number of hydrogen-bond donors (Lipinski definition) is 0. The molecular weight excluding hydrogens is 300 g/mol. The lowest BCUT2D eigenvalue weighted by atomic mass is 9.91. The van der Waals surface area contributed by atoms with Crippen molar-refractivity contribution in [3.63, 3.8) is 0 Å². The highest BCUT2D eigenvalue weighted by atomic mass is 16.6. The molecule has 0 fully saturated rings. The third-order valence-electron chi connectivity index (χ3n) is 3.62. The van der Waals surface area contributed by atoms with E-state index >= 15 is 0 Å². The molecule has 6 heteroatoms. The van der Waals surface area contributed by atoms with Crippen LogP contribution in [0.5, 0.6) is 0 Å². The van der Waals surface area contributed by atoms with Crippen LogP contribution in [0.1, 0.15) is 72.6 Å². The first-order chi connectivity index (χ1) is 10.9. The fourth-order valence-electron chi connectivity index (χ4n) is 2.20. The van der Waals surface area contributed by atoms with Crippen molar-refractivity contribution in [1.29, 1.82) is 0 Å². The number of hydrogen-bond acceptors (Lipinski definition) is 6. The van der Waals surface area contributed by atoms with Gasteiger partial charge in [-0.25, -0.2) is 0 Å². The number of esters is 3. The van der Waals surface area contributed by atoms with Gasteiger partial charge in [-0.15, -0.1) is 0 Å². The Morgan fingerprint density at radius 2 is 1.61 bits per heavy atom. The second-order valence-electron chi connectivity index (χ2n) is 5.53. The van der Waals surface area contributed by atoms with Gasteiger partial charge in [-0.05, 0) is 25.7 Å². The molecule has 0 spiro atoms. The van der Waals surface area contributed by atoms with E-state index in [0.717, 1.165) is 6.42 Å². The van der Waals surface area contributed by atoms with E-state index in [2.05, 4.69) is 0 Å². The quantitative estimate of drug-likeness (QED) is 0.311. The van der Waals surface area contributed by atoms with Crippen LogP contribution in [0.4, 0.5) is 0 Å². The van der Waals surface area contributed by atoms with Crippen molar-refractivity contribution in [3.8, 4) is 0 Å². The Bertz CT molecular complexity index is 379. The van der Waals surface area contributed by atoms with Crippen LogP contribution >= 0.6 is 0 Å². The van der Waals surface area contributed by atoms with Crippen LogP contribution in [0.25, 0.3) is 0 Å². The zero-order valence-corrected chi connectivity index (χ0v) is 14.8. The zero-order chi connectivity index (χ0) is 17.7. The maximum absolute atomic E-state index is 11.7. The molecule has 0 bridgehead atoms. The van der Waals surface area contributed by atoms with Crippen LogP contribution in [0.2, 0.25) is 0 Å². The van der Waals surface area contributed by atoms with Crippen molar-refractivity contribution >= 4 is 17.9 Å². The summed E-state index contributed by atoms with van der Waals surface area (Å²) in [4.78, 5) is 34.0. The van der Waals surface area contributed by atoms with Gasteiger partial charge in [0.1, 0.15) is 5.60 Å². The van der Waals surface area contributed by atoms with Crippen LogP contribution < -0.4 is 0 Å². The minimum absolute atomic E-state index is 0.219. The maximum Gasteiger partial charge on any atom is 0.306 e. The molecule has 1 atom stereocenters. The maximum atomic E-state index is 11.7. The van der Waals surface area contributed by atoms with E-state index in [1.807, 2.05) is 13.8 Å². The van der Waals surface area contributed by atoms with Gasteiger partial charge in [0.25, 0.3) is 0 Å². The lowest BCUT2D eigenvalue weighted by molar-refractivity contribution is -0.165. The normalized spacial score (nSPS) is 13.0. The van der Waals surface area contributed by atoms with E-state index < -0.39 is 5.60 Å². The highest BCUT2D eigenvalue weighted by Gasteiger charge is 2.32. The fraction of sp³-hybridized carbons (Fsp3) is 0.824. The van der Waals surface area contributed by atoms with E-state index in [1.165, 1.54) is 6.92 Å². The van der Waals surface area contributed by atoms with Crippen LogP contribution in [-0.4, -0.2) is 36.7 Å². The third-order valence-corrected chi connectivity index (χ3v) is 3.62. The summed E-state index contributed by atoms with van der Waals surface area (Å²) in [5.74, 6) is -0.843. The Kier molecular flexibility index (Phi) is 11.1. The molecule has 0 aromatic heterocycles. The number of carbonyl (C=O) groups excluding carboxylic acids is 3. The van der Waals surface area contributed by atoms with Crippen LogP contribution in [0, 0.1) is 0 Å². The van der Waals surface area contributed by atoms with E-state index in [0.29, 0.717) is 38.5 Å². The first-order valence-corrected chi connectivity index (χ1v) is 8.40. The Morgan fingerprint density at radius 3 is 2.13 bits per heavy atom. The van der Waals surface area contributed by atoms with Gasteiger partial charge in [-0.3, -0.25) is 14.4 Å². The van der Waals surface area contributed by atoms with Gasteiger partial charge in [-0.2, -0.15) is 0 Å². The van der Waals surface area contributed by atoms with E-state index in [4.69, 9.17) is 14.2 Å². The van der Waals surface area contributed by atoms with Crippen LogP contribution in [0.15, 0.2) is 0 Å². The molecule has 0 aromatic carbocycles. The monoisotopic (exact) mass is 330 g/mol. The van der Waals surface area contributed by atoms with Gasteiger partial charge < -0.3 is 14.2 Å². The van der Waals surface area contributed by atoms with Gasteiger partial charge in [0.15, 0.2) is 0 Å². The zero-order valence-electron chi connectivity index (χ0n) is 14.8. The smallest absolute Gasteiger partial charge is 0.306 e. The number of ether oxygens (including phenoxy) is 3. The summed E-state index contributed by atoms with van der Waals surface area (Å²) in [6.07, 6.45) is 3.64. The van der Waals surface area contributed by atoms with Gasteiger partial charge in [0.05, 0.1) is 13.2 Å². The second-order valence-corrected chi connectivity index (χ2v) is 5.53. The molecule has 0 heterocycles. The minimum atomic E-state index is -0.681. The second kappa shape index (κ2) is 11.9. The summed E-state index contributed by atoms with van der Waals surface area (Å²) in [6.45, 7) is 7.45. The molecule has 0 amide bonds. The molecule has 0 N–H and O–H groups in total. The predicted molar refractivity (Wildman–Crippen MR) is 85.8 cm³/mol. The minimum Gasteiger partial charge on any atom is -0.466 e. The van der Waals surface area contributed by atoms with Gasteiger partial charge in [0.2, 0.25) is 0 Å². The van der Waals surface area contributed by atoms with Crippen LogP contribution in [0.3, 0.4) is 0 Å². The van der Waals surface area contributed by atoms with Crippen molar-refractivity contribution < 1.29 is 28.6 Å². The molecule has 0 saturated heterocycles. The molecule has 0 aliphatic heterocycles. The Labute approximate surface area is 138 Å². The molecule has 0 aromatic rings. The molecular formula is C17H30O6. The Hall–Kier alpha value is -1.59. The molecule has 0 radical (unpaired) electrons. The van der Waals surface area contributed by atoms with E-state index in [1.54, 1.807) is 6.92 Å². The average molecular weight is 330 g/mol. The van der Waals surface area contributed by atoms with Crippen molar-refractivity contribution in [2.24, 2.45) is 0 Å². The Balaban J connectivity index is 4.58. The van der Waals surface area contributed by atoms with Gasteiger partial charge in [0, 0.05) is 26.2 Å². The summed E-state index contributed by atoms with van der Waals surface area (Å²) in [7, 11) is 0. The molecule has 23 heavy (non-hydrogen) atoms. The Morgan fingerprint density at radius 1 is 0.913 bits per heavy atom. The highest BCUT2D eigenvalue weighted by molar-refractivity contribution is 5.70. The standard InChI is InChI=1S/C17H30O6/c1-5-9-16(20)22-13-11-17(7-3,23-15(19)6-2)10-8-12-21-14(4)18/h5-13H2,1-4H3. The van der Waals surface area contributed by atoms with Gasteiger partial charge >= 0.3 is 17.9 Å². The summed E-state index contributed by atoms with van der Waals surface area (Å²) in [5.41, 5.74) is -0.681. The van der Waals surface area contributed by atoms with E-state index in [-0.39, 0.29) is 31.1 Å². The summed E-state index contributed by atoms with van der Waals surface area (Å²) >= 11 is 0. The lowest BCUT2D eigenvalue weighted by Crippen LogP contribution is -2.36. The molecule has 0 aliphatic rings. The molecule has 134 valence electrons. The predicted octanol–water partition coefficient (Wildman–Crippen LogP) is 3.17. The molecule has 6 nitrogen and oxygen atoms in total. The SMILES string of the molecule is CCCC(=O)OCCC(CC)(CCCOC(C)=O)OC(=O)CC. The van der Waals surface area contributed by atoms with Crippen molar-refractivity contribution in [1.82, 2.24) is 0 Å². The molecule has 0 saturated carbocycles. The number of carbonyl (C=O) groups is 3. The lowest BCUT2D eigenvalue weighted by Gasteiger charge is -2.32. The first kappa shape index (κ1) is 21.4. The largest absolute Gasteiger partial charge is 0.466 e. The van der Waals surface area contributed by atoms with Crippen LogP contribution in [-0.2, 0) is 28.6 Å². The van der Waals surface area contributed by atoms with Crippen molar-refractivity contribution in [3.05, 3.63) is 0 Å². The topological polar surface area (TPSA) is 78.9 Å². The molecule has 0 aliphatic carbocycles. The molecule has 1 unspecified atom stereocenters. The summed E-state index contributed by atoms with van der Waals surface area (Å²) < 4.78 is 15.7. The van der Waals surface area contributed by atoms with Gasteiger partial charge in [-0.1, -0.05) is 20.8 Å². The average Bonchev–Trinajstić information content (AvgIpc) is 2.51. The highest BCUT2D eigenvalue weighted by Crippen LogP contribution is 2.27. The summed E-state index contributed by atoms with van der Waals surface area (Å²) in [5, 5.41) is 0. The van der Waals surface area contributed by atoms with Crippen molar-refractivity contribution in [2.45, 2.75) is 78.2 Å². The fourth-order valence-corrected chi connectivity index (χ4v) is 2.20. The first-order valence-electron chi connectivity index (χ1n) is 8.40. The number of rotatable bonds is 12. The van der Waals surface area contributed by atoms with E-state index in [9.17, 15) is 14.4 Å². The third kappa shape index (κ3) is 9.92. The van der Waals surface area contributed by atoms with Crippen molar-refractivity contribution in [2.75, 3.05) is 13.2 Å².